The fourth-order valence-corrected chi connectivity index (χ4v) is 3.12. The summed E-state index contributed by atoms with van der Waals surface area (Å²) in [5.74, 6) is 0.563. The predicted molar refractivity (Wildman–Crippen MR) is 103 cm³/mol. The highest BCUT2D eigenvalue weighted by Crippen LogP contribution is 2.34. The van der Waals surface area contributed by atoms with Crippen molar-refractivity contribution in [3.8, 4) is 22.8 Å². The Bertz CT molecular complexity index is 1090. The van der Waals surface area contributed by atoms with Crippen molar-refractivity contribution >= 4 is 34.1 Å². The van der Waals surface area contributed by atoms with Crippen LogP contribution >= 0.6 is 23.2 Å². The highest BCUT2D eigenvalue weighted by molar-refractivity contribution is 6.35. The monoisotopic (exact) mass is 365 g/mol. The molecule has 3 nitrogen and oxygen atoms in total. The normalized spacial score (nSPS) is 11.0. The van der Waals surface area contributed by atoms with Gasteiger partial charge in [-0.2, -0.15) is 0 Å². The minimum Gasteiger partial charge on any atom is -0.250 e. The van der Waals surface area contributed by atoms with Crippen molar-refractivity contribution in [1.82, 2.24) is 15.0 Å². The minimum absolute atomic E-state index is 0.563. The van der Waals surface area contributed by atoms with Gasteiger partial charge in [0.15, 0.2) is 5.82 Å². The molecule has 0 bridgehead atoms. The summed E-state index contributed by atoms with van der Waals surface area (Å²) in [5.41, 5.74) is 4.00. The fraction of sp³-hybridized carbons (Fsp3) is 0.0500. The maximum atomic E-state index is 6.42. The summed E-state index contributed by atoms with van der Waals surface area (Å²) in [6.45, 7) is 1.94. The largest absolute Gasteiger partial charge is 0.250 e. The van der Waals surface area contributed by atoms with Crippen LogP contribution in [0.3, 0.4) is 0 Å². The third kappa shape index (κ3) is 3.09. The van der Waals surface area contributed by atoms with Crippen LogP contribution in [0.4, 0.5) is 0 Å². The second kappa shape index (κ2) is 6.43. The average Bonchev–Trinajstić information content (AvgIpc) is 2.63. The number of rotatable bonds is 2. The van der Waals surface area contributed by atoms with E-state index in [0.29, 0.717) is 15.9 Å². The second-order valence-electron chi connectivity index (χ2n) is 5.70. The Hall–Kier alpha value is -2.49. The molecule has 0 radical (unpaired) electrons. The van der Waals surface area contributed by atoms with Crippen LogP contribution < -0.4 is 0 Å². The van der Waals surface area contributed by atoms with Gasteiger partial charge in [-0.05, 0) is 43.3 Å². The summed E-state index contributed by atoms with van der Waals surface area (Å²) in [7, 11) is 0. The Labute approximate surface area is 155 Å². The van der Waals surface area contributed by atoms with Crippen LogP contribution in [0.25, 0.3) is 33.7 Å². The second-order valence-corrected chi connectivity index (χ2v) is 6.54. The summed E-state index contributed by atoms with van der Waals surface area (Å²) >= 11 is 12.6. The molecule has 0 saturated heterocycles. The van der Waals surface area contributed by atoms with Gasteiger partial charge in [0, 0.05) is 21.7 Å². The van der Waals surface area contributed by atoms with E-state index in [1.807, 2.05) is 55.5 Å². The van der Waals surface area contributed by atoms with Crippen LogP contribution in [0, 0.1) is 6.92 Å². The molecule has 4 aromatic rings. The Morgan fingerprint density at radius 3 is 2.48 bits per heavy atom. The minimum atomic E-state index is 0.563. The number of pyridine rings is 1. The van der Waals surface area contributed by atoms with Gasteiger partial charge in [-0.15, -0.1) is 0 Å². The van der Waals surface area contributed by atoms with Gasteiger partial charge >= 0.3 is 0 Å². The quantitative estimate of drug-likeness (QED) is 0.438. The molecule has 0 spiro atoms. The molecule has 0 N–H and O–H groups in total. The first-order chi connectivity index (χ1) is 12.1. The molecule has 0 atom stereocenters. The first kappa shape index (κ1) is 16.0. The molecule has 0 amide bonds. The topological polar surface area (TPSA) is 38.7 Å². The van der Waals surface area contributed by atoms with E-state index < -0.39 is 0 Å². The number of aromatic nitrogens is 3. The number of hydrogen-bond acceptors (Lipinski definition) is 3. The lowest BCUT2D eigenvalue weighted by atomic mass is 10.1. The first-order valence-corrected chi connectivity index (χ1v) is 8.53. The summed E-state index contributed by atoms with van der Waals surface area (Å²) in [6.07, 6.45) is 0. The van der Waals surface area contributed by atoms with Crippen molar-refractivity contribution in [2.75, 3.05) is 0 Å². The molecule has 2 heterocycles. The number of aryl methyl sites for hydroxylation is 1. The molecule has 0 aliphatic rings. The van der Waals surface area contributed by atoms with Crippen LogP contribution in [0.5, 0.6) is 0 Å². The maximum Gasteiger partial charge on any atom is 0.179 e. The highest BCUT2D eigenvalue weighted by atomic mass is 35.5. The Balaban J connectivity index is 2.04. The number of fused-ring (bicyclic) bond motifs is 1. The lowest BCUT2D eigenvalue weighted by Gasteiger charge is -2.10. The van der Waals surface area contributed by atoms with Crippen LogP contribution in [0.2, 0.25) is 10.0 Å². The molecule has 2 aromatic carbocycles. The van der Waals surface area contributed by atoms with Crippen molar-refractivity contribution in [1.29, 1.82) is 0 Å². The molecule has 0 aliphatic heterocycles. The smallest absolute Gasteiger partial charge is 0.179 e. The summed E-state index contributed by atoms with van der Waals surface area (Å²) in [5, 5.41) is 2.12. The van der Waals surface area contributed by atoms with E-state index in [9.17, 15) is 0 Å². The zero-order valence-corrected chi connectivity index (χ0v) is 14.9. The Morgan fingerprint density at radius 1 is 0.800 bits per heavy atom. The molecule has 4 rings (SSSR count). The zero-order valence-electron chi connectivity index (χ0n) is 13.4. The summed E-state index contributed by atoms with van der Waals surface area (Å²) in [4.78, 5) is 14.0. The fourth-order valence-electron chi connectivity index (χ4n) is 2.74. The zero-order chi connectivity index (χ0) is 17.4. The molecule has 25 heavy (non-hydrogen) atoms. The van der Waals surface area contributed by atoms with E-state index in [1.165, 1.54) is 0 Å². The van der Waals surface area contributed by atoms with E-state index in [2.05, 4.69) is 9.97 Å². The highest BCUT2D eigenvalue weighted by Gasteiger charge is 2.14. The van der Waals surface area contributed by atoms with Crippen LogP contribution in [-0.2, 0) is 0 Å². The third-order valence-corrected chi connectivity index (χ3v) is 4.47. The van der Waals surface area contributed by atoms with E-state index >= 15 is 0 Å². The molecule has 0 aliphatic carbocycles. The summed E-state index contributed by atoms with van der Waals surface area (Å²) < 4.78 is 0. The number of nitrogens with zero attached hydrogens (tertiary/aromatic N) is 3. The van der Waals surface area contributed by atoms with E-state index in [-0.39, 0.29) is 0 Å². The molecule has 0 fully saturated rings. The maximum absolute atomic E-state index is 6.42. The van der Waals surface area contributed by atoms with E-state index in [1.54, 1.807) is 12.1 Å². The molecule has 5 heteroatoms. The number of para-hydroxylation sites is 1. The third-order valence-electron chi connectivity index (χ3n) is 3.90. The van der Waals surface area contributed by atoms with E-state index in [0.717, 1.165) is 33.5 Å². The lowest BCUT2D eigenvalue weighted by Crippen LogP contribution is -1.97. The van der Waals surface area contributed by atoms with E-state index in [4.69, 9.17) is 28.2 Å². The average molecular weight is 366 g/mol. The van der Waals surface area contributed by atoms with Gasteiger partial charge in [0.05, 0.1) is 16.2 Å². The van der Waals surface area contributed by atoms with Gasteiger partial charge in [-0.25, -0.2) is 15.0 Å². The standard InChI is InChI=1S/C20H13Cl2N3/c1-12-5-4-8-18(23-12)20-24-17-7-3-2-6-14(17)19(25-20)15-11-13(21)9-10-16(15)22/h2-11H,1H3. The molecule has 0 saturated carbocycles. The van der Waals surface area contributed by atoms with Crippen molar-refractivity contribution in [2.24, 2.45) is 0 Å². The molecular formula is C20H13Cl2N3. The van der Waals surface area contributed by atoms with Gasteiger partial charge in [0.1, 0.15) is 5.69 Å². The van der Waals surface area contributed by atoms with Crippen molar-refractivity contribution in [3.05, 3.63) is 76.4 Å². The van der Waals surface area contributed by atoms with Crippen molar-refractivity contribution in [3.63, 3.8) is 0 Å². The Morgan fingerprint density at radius 2 is 1.64 bits per heavy atom. The predicted octanol–water partition coefficient (Wildman–Crippen LogP) is 5.97. The number of halogens is 2. The SMILES string of the molecule is Cc1cccc(-c2nc(-c3cc(Cl)ccc3Cl)c3ccccc3n2)n1. The molecular weight excluding hydrogens is 353 g/mol. The summed E-state index contributed by atoms with van der Waals surface area (Å²) in [6, 6.07) is 19.0. The van der Waals surface area contributed by atoms with Gasteiger partial charge in [0.25, 0.3) is 0 Å². The van der Waals surface area contributed by atoms with Gasteiger partial charge in [-0.1, -0.05) is 47.5 Å². The van der Waals surface area contributed by atoms with Crippen LogP contribution in [0.1, 0.15) is 5.69 Å². The van der Waals surface area contributed by atoms with Gasteiger partial charge in [0.2, 0.25) is 0 Å². The Kier molecular flexibility index (Phi) is 4.12. The lowest BCUT2D eigenvalue weighted by molar-refractivity contribution is 1.14. The number of hydrogen-bond donors (Lipinski definition) is 0. The van der Waals surface area contributed by atoms with Crippen molar-refractivity contribution in [2.45, 2.75) is 6.92 Å². The van der Waals surface area contributed by atoms with Gasteiger partial charge < -0.3 is 0 Å². The van der Waals surface area contributed by atoms with Crippen LogP contribution in [0.15, 0.2) is 60.7 Å². The van der Waals surface area contributed by atoms with Crippen LogP contribution in [-0.4, -0.2) is 15.0 Å². The van der Waals surface area contributed by atoms with Gasteiger partial charge in [-0.3, -0.25) is 0 Å². The molecule has 2 aromatic heterocycles. The molecule has 122 valence electrons. The first-order valence-electron chi connectivity index (χ1n) is 7.78. The number of benzene rings is 2. The van der Waals surface area contributed by atoms with Crippen molar-refractivity contribution < 1.29 is 0 Å². The molecule has 0 unspecified atom stereocenters.